The fourth-order valence-electron chi connectivity index (χ4n) is 2.56. The van der Waals surface area contributed by atoms with E-state index in [2.05, 4.69) is 48.4 Å². The van der Waals surface area contributed by atoms with Gasteiger partial charge in [-0.05, 0) is 43.4 Å². The summed E-state index contributed by atoms with van der Waals surface area (Å²) in [5.41, 5.74) is 2.50. The monoisotopic (exact) mass is 240 g/mol. The summed E-state index contributed by atoms with van der Waals surface area (Å²) in [6, 6.07) is 11.9. The van der Waals surface area contributed by atoms with Crippen LogP contribution in [0, 0.1) is 0 Å². The summed E-state index contributed by atoms with van der Waals surface area (Å²) in [5.74, 6) is 0.512. The van der Waals surface area contributed by atoms with Crippen LogP contribution in [0.25, 0.3) is 10.9 Å². The molecule has 2 atom stereocenters. The SMILES string of the molecule is CC(NC1CC1)C(C)c1cccc2ncccc12. The molecule has 18 heavy (non-hydrogen) atoms. The van der Waals surface area contributed by atoms with Crippen LogP contribution in [-0.4, -0.2) is 17.1 Å². The largest absolute Gasteiger partial charge is 0.311 e. The number of nitrogens with zero attached hydrogens (tertiary/aromatic N) is 1. The quantitative estimate of drug-likeness (QED) is 0.885. The van der Waals surface area contributed by atoms with E-state index in [9.17, 15) is 0 Å². The van der Waals surface area contributed by atoms with Crippen LogP contribution in [0.2, 0.25) is 0 Å². The van der Waals surface area contributed by atoms with Gasteiger partial charge in [0, 0.05) is 23.7 Å². The van der Waals surface area contributed by atoms with Gasteiger partial charge in [0.25, 0.3) is 0 Å². The molecule has 3 rings (SSSR count). The molecule has 2 nitrogen and oxygen atoms in total. The minimum atomic E-state index is 0.512. The molecular weight excluding hydrogens is 220 g/mol. The maximum atomic E-state index is 4.44. The van der Waals surface area contributed by atoms with Crippen LogP contribution in [0.5, 0.6) is 0 Å². The van der Waals surface area contributed by atoms with E-state index >= 15 is 0 Å². The van der Waals surface area contributed by atoms with Crippen LogP contribution in [-0.2, 0) is 0 Å². The molecule has 1 fully saturated rings. The molecule has 2 unspecified atom stereocenters. The zero-order valence-electron chi connectivity index (χ0n) is 11.1. The van der Waals surface area contributed by atoms with Crippen molar-refractivity contribution in [3.8, 4) is 0 Å². The van der Waals surface area contributed by atoms with Gasteiger partial charge in [0.15, 0.2) is 0 Å². The van der Waals surface area contributed by atoms with Gasteiger partial charge < -0.3 is 5.32 Å². The maximum absolute atomic E-state index is 4.44. The second-order valence-electron chi connectivity index (χ2n) is 5.44. The Morgan fingerprint density at radius 3 is 2.78 bits per heavy atom. The number of pyridine rings is 1. The van der Waals surface area contributed by atoms with Crippen molar-refractivity contribution in [1.82, 2.24) is 10.3 Å². The molecule has 1 aromatic carbocycles. The minimum Gasteiger partial charge on any atom is -0.311 e. The number of fused-ring (bicyclic) bond motifs is 1. The minimum absolute atomic E-state index is 0.512. The van der Waals surface area contributed by atoms with Crippen molar-refractivity contribution in [3.05, 3.63) is 42.1 Å². The number of aromatic nitrogens is 1. The van der Waals surface area contributed by atoms with Gasteiger partial charge in [-0.2, -0.15) is 0 Å². The van der Waals surface area contributed by atoms with E-state index in [1.165, 1.54) is 23.8 Å². The lowest BCUT2D eigenvalue weighted by molar-refractivity contribution is 0.480. The van der Waals surface area contributed by atoms with Crippen LogP contribution in [0.4, 0.5) is 0 Å². The second kappa shape index (κ2) is 4.69. The van der Waals surface area contributed by atoms with Crippen LogP contribution < -0.4 is 5.32 Å². The van der Waals surface area contributed by atoms with Gasteiger partial charge in [-0.15, -0.1) is 0 Å². The number of benzene rings is 1. The molecule has 2 heteroatoms. The normalized spacial score (nSPS) is 18.8. The van der Waals surface area contributed by atoms with Gasteiger partial charge in [0.2, 0.25) is 0 Å². The molecule has 0 spiro atoms. The van der Waals surface area contributed by atoms with Gasteiger partial charge in [0.1, 0.15) is 0 Å². The predicted octanol–water partition coefficient (Wildman–Crippen LogP) is 3.48. The fraction of sp³-hybridized carbons (Fsp3) is 0.438. The summed E-state index contributed by atoms with van der Waals surface area (Å²) in [6.45, 7) is 4.60. The first kappa shape index (κ1) is 11.7. The van der Waals surface area contributed by atoms with Crippen molar-refractivity contribution in [2.45, 2.75) is 44.7 Å². The predicted molar refractivity (Wildman–Crippen MR) is 75.8 cm³/mol. The topological polar surface area (TPSA) is 24.9 Å². The molecular formula is C16H20N2. The number of rotatable bonds is 4. The molecule has 2 aromatic rings. The first-order chi connectivity index (χ1) is 8.75. The van der Waals surface area contributed by atoms with Crippen LogP contribution in [0.1, 0.15) is 38.2 Å². The van der Waals surface area contributed by atoms with E-state index < -0.39 is 0 Å². The maximum Gasteiger partial charge on any atom is 0.0704 e. The third-order valence-corrected chi connectivity index (χ3v) is 4.00. The Labute approximate surface area is 108 Å². The van der Waals surface area contributed by atoms with Gasteiger partial charge in [-0.1, -0.05) is 25.1 Å². The highest BCUT2D eigenvalue weighted by molar-refractivity contribution is 5.82. The molecule has 1 aromatic heterocycles. The Bertz CT molecular complexity index is 540. The first-order valence-electron chi connectivity index (χ1n) is 6.85. The highest BCUT2D eigenvalue weighted by atomic mass is 15.0. The molecule has 0 saturated heterocycles. The van der Waals surface area contributed by atoms with Crippen LogP contribution in [0.3, 0.4) is 0 Å². The van der Waals surface area contributed by atoms with Crippen molar-refractivity contribution >= 4 is 10.9 Å². The molecule has 0 radical (unpaired) electrons. The fourth-order valence-corrected chi connectivity index (χ4v) is 2.56. The smallest absolute Gasteiger partial charge is 0.0704 e. The van der Waals surface area contributed by atoms with E-state index in [0.717, 1.165) is 11.6 Å². The first-order valence-corrected chi connectivity index (χ1v) is 6.85. The molecule has 0 amide bonds. The second-order valence-corrected chi connectivity index (χ2v) is 5.44. The Morgan fingerprint density at radius 2 is 2.00 bits per heavy atom. The Balaban J connectivity index is 1.92. The van der Waals surface area contributed by atoms with Crippen molar-refractivity contribution in [3.63, 3.8) is 0 Å². The number of nitrogens with one attached hydrogen (secondary N) is 1. The highest BCUT2D eigenvalue weighted by Gasteiger charge is 2.26. The third kappa shape index (κ3) is 2.25. The molecule has 0 aliphatic heterocycles. The lowest BCUT2D eigenvalue weighted by atomic mass is 9.91. The van der Waals surface area contributed by atoms with Gasteiger partial charge >= 0.3 is 0 Å². The van der Waals surface area contributed by atoms with Gasteiger partial charge in [0.05, 0.1) is 5.52 Å². The van der Waals surface area contributed by atoms with E-state index in [0.29, 0.717) is 12.0 Å². The zero-order valence-corrected chi connectivity index (χ0v) is 11.1. The summed E-state index contributed by atoms with van der Waals surface area (Å²) in [5, 5.41) is 4.99. The van der Waals surface area contributed by atoms with Crippen molar-refractivity contribution in [2.24, 2.45) is 0 Å². The molecule has 1 aliphatic rings. The van der Waals surface area contributed by atoms with E-state index in [4.69, 9.17) is 0 Å². The summed E-state index contributed by atoms with van der Waals surface area (Å²) in [6.07, 6.45) is 4.55. The average Bonchev–Trinajstić information content (AvgIpc) is 3.21. The van der Waals surface area contributed by atoms with Crippen molar-refractivity contribution in [2.75, 3.05) is 0 Å². The Kier molecular flexibility index (Phi) is 3.04. The zero-order chi connectivity index (χ0) is 12.5. The third-order valence-electron chi connectivity index (χ3n) is 4.00. The molecule has 1 saturated carbocycles. The summed E-state index contributed by atoms with van der Waals surface area (Å²) in [7, 11) is 0. The average molecular weight is 240 g/mol. The van der Waals surface area contributed by atoms with Crippen LogP contribution in [0.15, 0.2) is 36.5 Å². The molecule has 1 aliphatic carbocycles. The highest BCUT2D eigenvalue weighted by Crippen LogP contribution is 2.29. The number of hydrogen-bond donors (Lipinski definition) is 1. The Hall–Kier alpha value is -1.41. The van der Waals surface area contributed by atoms with Gasteiger partial charge in [-0.25, -0.2) is 0 Å². The molecule has 0 bridgehead atoms. The van der Waals surface area contributed by atoms with Crippen molar-refractivity contribution < 1.29 is 0 Å². The summed E-state index contributed by atoms with van der Waals surface area (Å²) < 4.78 is 0. The molecule has 1 heterocycles. The molecule has 1 N–H and O–H groups in total. The lowest BCUT2D eigenvalue weighted by Gasteiger charge is -2.23. The van der Waals surface area contributed by atoms with Crippen LogP contribution >= 0.6 is 0 Å². The number of hydrogen-bond acceptors (Lipinski definition) is 2. The summed E-state index contributed by atoms with van der Waals surface area (Å²) >= 11 is 0. The van der Waals surface area contributed by atoms with Gasteiger partial charge in [-0.3, -0.25) is 4.98 Å². The van der Waals surface area contributed by atoms with E-state index in [-0.39, 0.29) is 0 Å². The summed E-state index contributed by atoms with van der Waals surface area (Å²) in [4.78, 5) is 4.44. The Morgan fingerprint density at radius 1 is 1.17 bits per heavy atom. The van der Waals surface area contributed by atoms with Crippen molar-refractivity contribution in [1.29, 1.82) is 0 Å². The van der Waals surface area contributed by atoms with E-state index in [1.54, 1.807) is 0 Å². The van der Waals surface area contributed by atoms with E-state index in [1.807, 2.05) is 12.3 Å². The lowest BCUT2D eigenvalue weighted by Crippen LogP contribution is -2.32. The molecule has 94 valence electrons. The standard InChI is InChI=1S/C16H20N2/c1-11(12(2)18-13-8-9-13)14-5-3-7-16-15(14)6-4-10-17-16/h3-7,10-13,18H,8-9H2,1-2H3.